The highest BCUT2D eigenvalue weighted by atomic mass is 19.1. The fraction of sp³-hybridized carbons (Fsp3) is 0.333. The summed E-state index contributed by atoms with van der Waals surface area (Å²) in [6.45, 7) is 1.28. The Hall–Kier alpha value is -1.98. The minimum atomic E-state index is -1.23. The van der Waals surface area contributed by atoms with Crippen molar-refractivity contribution < 1.29 is 23.5 Å². The molecule has 0 aromatic heterocycles. The summed E-state index contributed by atoms with van der Waals surface area (Å²) < 4.78 is 26.8. The van der Waals surface area contributed by atoms with Gasteiger partial charge in [-0.15, -0.1) is 0 Å². The standard InChI is InChI=1S/C12H13F2NO3/c1-2-6-15(7-10(16)17)12(18)11-8(13)4-3-5-9(11)14/h3-5H,2,6-7H2,1H3,(H,16,17). The molecule has 0 heterocycles. The van der Waals surface area contributed by atoms with Crippen molar-refractivity contribution in [2.45, 2.75) is 13.3 Å². The molecule has 1 aromatic rings. The topological polar surface area (TPSA) is 57.6 Å². The van der Waals surface area contributed by atoms with Crippen molar-refractivity contribution in [2.24, 2.45) is 0 Å². The van der Waals surface area contributed by atoms with Crippen LogP contribution in [0.25, 0.3) is 0 Å². The number of hydrogen-bond donors (Lipinski definition) is 1. The lowest BCUT2D eigenvalue weighted by Crippen LogP contribution is -2.37. The van der Waals surface area contributed by atoms with E-state index in [0.717, 1.165) is 23.1 Å². The average Bonchev–Trinajstić information content (AvgIpc) is 2.27. The van der Waals surface area contributed by atoms with Gasteiger partial charge in [0, 0.05) is 6.54 Å². The van der Waals surface area contributed by atoms with Crippen LogP contribution < -0.4 is 0 Å². The van der Waals surface area contributed by atoms with Gasteiger partial charge in [0.05, 0.1) is 0 Å². The van der Waals surface area contributed by atoms with E-state index in [9.17, 15) is 18.4 Å². The second kappa shape index (κ2) is 6.09. The Morgan fingerprint density at radius 2 is 1.83 bits per heavy atom. The van der Waals surface area contributed by atoms with E-state index in [1.165, 1.54) is 0 Å². The summed E-state index contributed by atoms with van der Waals surface area (Å²) in [5.74, 6) is -4.17. The van der Waals surface area contributed by atoms with E-state index < -0.39 is 35.6 Å². The Balaban J connectivity index is 3.05. The number of carboxylic acids is 1. The highest BCUT2D eigenvalue weighted by Crippen LogP contribution is 2.15. The van der Waals surface area contributed by atoms with Gasteiger partial charge in [-0.25, -0.2) is 8.78 Å². The second-order valence-corrected chi connectivity index (χ2v) is 3.72. The highest BCUT2D eigenvalue weighted by Gasteiger charge is 2.23. The smallest absolute Gasteiger partial charge is 0.323 e. The molecule has 0 saturated heterocycles. The van der Waals surface area contributed by atoms with Gasteiger partial charge in [0.2, 0.25) is 0 Å². The molecule has 0 aliphatic heterocycles. The minimum absolute atomic E-state index is 0.124. The number of carbonyl (C=O) groups is 2. The molecule has 0 unspecified atom stereocenters. The summed E-state index contributed by atoms with van der Waals surface area (Å²) in [6, 6.07) is 3.06. The fourth-order valence-corrected chi connectivity index (χ4v) is 1.55. The van der Waals surface area contributed by atoms with Crippen molar-refractivity contribution in [3.05, 3.63) is 35.4 Å². The first-order valence-corrected chi connectivity index (χ1v) is 5.42. The number of rotatable bonds is 5. The van der Waals surface area contributed by atoms with Gasteiger partial charge >= 0.3 is 5.97 Å². The minimum Gasteiger partial charge on any atom is -0.480 e. The molecule has 1 rings (SSSR count). The summed E-state index contributed by atoms with van der Waals surface area (Å²) in [5, 5.41) is 8.66. The first-order valence-electron chi connectivity index (χ1n) is 5.42. The number of aliphatic carboxylic acids is 1. The lowest BCUT2D eigenvalue weighted by atomic mass is 10.1. The van der Waals surface area contributed by atoms with Crippen molar-refractivity contribution in [3.8, 4) is 0 Å². The number of hydrogen-bond acceptors (Lipinski definition) is 2. The van der Waals surface area contributed by atoms with E-state index >= 15 is 0 Å². The Morgan fingerprint density at radius 1 is 1.28 bits per heavy atom. The highest BCUT2D eigenvalue weighted by molar-refractivity contribution is 5.96. The van der Waals surface area contributed by atoms with E-state index in [1.807, 2.05) is 0 Å². The molecule has 0 fully saturated rings. The van der Waals surface area contributed by atoms with E-state index in [1.54, 1.807) is 6.92 Å². The van der Waals surface area contributed by atoms with Crippen LogP contribution in [0.15, 0.2) is 18.2 Å². The maximum atomic E-state index is 13.4. The number of benzene rings is 1. The van der Waals surface area contributed by atoms with Crippen molar-refractivity contribution >= 4 is 11.9 Å². The molecule has 1 aromatic carbocycles. The number of carbonyl (C=O) groups excluding carboxylic acids is 1. The summed E-state index contributed by atoms with van der Waals surface area (Å²) in [5.41, 5.74) is -0.716. The Kier molecular flexibility index (Phi) is 4.76. The Morgan fingerprint density at radius 3 is 2.28 bits per heavy atom. The van der Waals surface area contributed by atoms with Gasteiger partial charge in [-0.05, 0) is 18.6 Å². The van der Waals surface area contributed by atoms with E-state index in [-0.39, 0.29) is 6.54 Å². The zero-order valence-electron chi connectivity index (χ0n) is 9.82. The fourth-order valence-electron chi connectivity index (χ4n) is 1.55. The zero-order chi connectivity index (χ0) is 13.7. The third-order valence-electron chi connectivity index (χ3n) is 2.28. The van der Waals surface area contributed by atoms with Crippen molar-refractivity contribution in [1.29, 1.82) is 0 Å². The van der Waals surface area contributed by atoms with Crippen LogP contribution in [0.5, 0.6) is 0 Å². The van der Waals surface area contributed by atoms with Crippen molar-refractivity contribution in [2.75, 3.05) is 13.1 Å². The molecule has 6 heteroatoms. The first-order chi connectivity index (χ1) is 8.47. The van der Waals surface area contributed by atoms with Gasteiger partial charge in [-0.3, -0.25) is 9.59 Å². The summed E-state index contributed by atoms with van der Waals surface area (Å²) in [4.78, 5) is 23.4. The molecule has 0 aliphatic carbocycles. The van der Waals surface area contributed by atoms with E-state index in [0.29, 0.717) is 6.42 Å². The number of amides is 1. The monoisotopic (exact) mass is 257 g/mol. The van der Waals surface area contributed by atoms with Crippen molar-refractivity contribution in [1.82, 2.24) is 4.90 Å². The zero-order valence-corrected chi connectivity index (χ0v) is 9.82. The van der Waals surface area contributed by atoms with Gasteiger partial charge in [0.1, 0.15) is 23.7 Å². The molecule has 0 aliphatic rings. The largest absolute Gasteiger partial charge is 0.480 e. The third-order valence-corrected chi connectivity index (χ3v) is 2.28. The van der Waals surface area contributed by atoms with Crippen molar-refractivity contribution in [3.63, 3.8) is 0 Å². The van der Waals surface area contributed by atoms with Gasteiger partial charge in [0.25, 0.3) is 5.91 Å². The maximum absolute atomic E-state index is 13.4. The average molecular weight is 257 g/mol. The number of halogens is 2. The molecular formula is C12H13F2NO3. The molecule has 1 N–H and O–H groups in total. The van der Waals surface area contributed by atoms with Crippen LogP contribution >= 0.6 is 0 Å². The number of carboxylic acid groups (broad SMARTS) is 1. The Labute approximate surface area is 103 Å². The molecule has 0 saturated carbocycles. The second-order valence-electron chi connectivity index (χ2n) is 3.72. The van der Waals surface area contributed by atoms with Crippen LogP contribution in [0.4, 0.5) is 8.78 Å². The molecule has 1 amide bonds. The predicted molar refractivity (Wildman–Crippen MR) is 60.2 cm³/mol. The SMILES string of the molecule is CCCN(CC(=O)O)C(=O)c1c(F)cccc1F. The van der Waals surface area contributed by atoms with Crippen LogP contribution in [0.2, 0.25) is 0 Å². The van der Waals surface area contributed by atoms with Gasteiger partial charge in [-0.1, -0.05) is 13.0 Å². The third kappa shape index (κ3) is 3.26. The number of nitrogens with zero attached hydrogens (tertiary/aromatic N) is 1. The van der Waals surface area contributed by atoms with Crippen LogP contribution in [0.3, 0.4) is 0 Å². The van der Waals surface area contributed by atoms with Gasteiger partial charge < -0.3 is 10.0 Å². The maximum Gasteiger partial charge on any atom is 0.323 e. The molecule has 98 valence electrons. The van der Waals surface area contributed by atoms with Gasteiger partial charge in [0.15, 0.2) is 0 Å². The quantitative estimate of drug-likeness (QED) is 0.876. The van der Waals surface area contributed by atoms with Crippen LogP contribution in [0, 0.1) is 11.6 Å². The molecule has 0 spiro atoms. The Bertz CT molecular complexity index is 442. The molecule has 18 heavy (non-hydrogen) atoms. The molecule has 0 bridgehead atoms. The van der Waals surface area contributed by atoms with E-state index in [4.69, 9.17) is 5.11 Å². The normalized spacial score (nSPS) is 10.2. The van der Waals surface area contributed by atoms with Crippen LogP contribution in [0.1, 0.15) is 23.7 Å². The van der Waals surface area contributed by atoms with Crippen LogP contribution in [-0.4, -0.2) is 35.0 Å². The summed E-state index contributed by atoms with van der Waals surface area (Å²) >= 11 is 0. The lowest BCUT2D eigenvalue weighted by Gasteiger charge is -2.20. The molecule has 0 atom stereocenters. The van der Waals surface area contributed by atoms with Crippen LogP contribution in [-0.2, 0) is 4.79 Å². The first kappa shape index (κ1) is 14.1. The predicted octanol–water partition coefficient (Wildman–Crippen LogP) is 1.90. The molecule has 0 radical (unpaired) electrons. The van der Waals surface area contributed by atoms with Gasteiger partial charge in [-0.2, -0.15) is 0 Å². The molecular weight excluding hydrogens is 244 g/mol. The van der Waals surface area contributed by atoms with E-state index in [2.05, 4.69) is 0 Å². The lowest BCUT2D eigenvalue weighted by molar-refractivity contribution is -0.137. The summed E-state index contributed by atoms with van der Waals surface area (Å²) in [6.07, 6.45) is 0.495. The molecule has 4 nitrogen and oxygen atoms in total. The summed E-state index contributed by atoms with van der Waals surface area (Å²) in [7, 11) is 0.